The Balaban J connectivity index is 1.37. The van der Waals surface area contributed by atoms with E-state index in [2.05, 4.69) is 10.2 Å². The van der Waals surface area contributed by atoms with Gasteiger partial charge < -0.3 is 33.9 Å². The van der Waals surface area contributed by atoms with Crippen LogP contribution in [-0.2, 0) is 17.7 Å². The minimum Gasteiger partial charge on any atom is -0.493 e. The summed E-state index contributed by atoms with van der Waals surface area (Å²) < 4.78 is 27.0. The van der Waals surface area contributed by atoms with Gasteiger partial charge in [0.15, 0.2) is 23.0 Å². The molecule has 184 valence electrons. The van der Waals surface area contributed by atoms with Gasteiger partial charge in [-0.15, -0.1) is 0 Å². The van der Waals surface area contributed by atoms with E-state index in [0.29, 0.717) is 43.3 Å². The summed E-state index contributed by atoms with van der Waals surface area (Å²) in [6.07, 6.45) is 0.709. The molecule has 0 spiro atoms. The fraction of sp³-hybridized carbons (Fsp3) is 0.480. The largest absolute Gasteiger partial charge is 0.493 e. The van der Waals surface area contributed by atoms with Crippen molar-refractivity contribution in [3.05, 3.63) is 47.5 Å². The van der Waals surface area contributed by atoms with Crippen LogP contribution in [0, 0.1) is 0 Å². The Labute approximate surface area is 200 Å². The Morgan fingerprint density at radius 3 is 2.53 bits per heavy atom. The minimum atomic E-state index is -0.0913. The molecule has 2 aliphatic heterocycles. The maximum Gasteiger partial charge on any atom is 0.317 e. The predicted octanol–water partition coefficient (Wildman–Crippen LogP) is 2.52. The van der Waals surface area contributed by atoms with E-state index in [-0.39, 0.29) is 12.8 Å². The molecular weight excluding hydrogens is 438 g/mol. The smallest absolute Gasteiger partial charge is 0.317 e. The lowest BCUT2D eigenvalue weighted by Crippen LogP contribution is -2.46. The number of amides is 2. The van der Waals surface area contributed by atoms with Gasteiger partial charge >= 0.3 is 6.03 Å². The summed E-state index contributed by atoms with van der Waals surface area (Å²) in [7, 11) is 3.25. The Morgan fingerprint density at radius 1 is 0.971 bits per heavy atom. The molecule has 9 nitrogen and oxygen atoms in total. The minimum absolute atomic E-state index is 0.0913. The maximum absolute atomic E-state index is 13.1. The van der Waals surface area contributed by atoms with Crippen LogP contribution < -0.4 is 24.3 Å². The Morgan fingerprint density at radius 2 is 1.74 bits per heavy atom. The number of rotatable bonds is 10. The maximum atomic E-state index is 13.1. The van der Waals surface area contributed by atoms with E-state index in [4.69, 9.17) is 23.7 Å². The number of ether oxygens (including phenoxy) is 5. The summed E-state index contributed by atoms with van der Waals surface area (Å²) >= 11 is 0. The van der Waals surface area contributed by atoms with Crippen molar-refractivity contribution in [1.29, 1.82) is 0 Å². The second-order valence-electron chi connectivity index (χ2n) is 8.23. The third-order valence-electron chi connectivity index (χ3n) is 6.08. The second kappa shape index (κ2) is 11.8. The van der Waals surface area contributed by atoms with Crippen molar-refractivity contribution in [2.75, 3.05) is 67.0 Å². The zero-order valence-electron chi connectivity index (χ0n) is 19.9. The van der Waals surface area contributed by atoms with Crippen LogP contribution in [0.1, 0.15) is 11.1 Å². The first-order valence-corrected chi connectivity index (χ1v) is 11.6. The quantitative estimate of drug-likeness (QED) is 0.570. The SMILES string of the molecule is COc1ccc(CCN(CCN2CCOCC2)C(=O)NCc2ccc3c(c2)OCO3)cc1OC. The topological polar surface area (TPSA) is 81.7 Å². The molecule has 4 rings (SSSR count). The summed E-state index contributed by atoms with van der Waals surface area (Å²) in [5, 5.41) is 3.06. The number of morpholine rings is 1. The highest BCUT2D eigenvalue weighted by atomic mass is 16.7. The van der Waals surface area contributed by atoms with Crippen molar-refractivity contribution in [1.82, 2.24) is 15.1 Å². The van der Waals surface area contributed by atoms with Gasteiger partial charge in [-0.05, 0) is 41.8 Å². The van der Waals surface area contributed by atoms with E-state index in [0.717, 1.165) is 49.7 Å². The average molecular weight is 472 g/mol. The number of hydrogen-bond acceptors (Lipinski definition) is 7. The monoisotopic (exact) mass is 471 g/mol. The summed E-state index contributed by atoms with van der Waals surface area (Å²) in [6, 6.07) is 11.5. The van der Waals surface area contributed by atoms with Gasteiger partial charge in [0.05, 0.1) is 27.4 Å². The molecule has 0 aliphatic carbocycles. The first kappa shape index (κ1) is 24.0. The number of carbonyl (C=O) groups is 1. The van der Waals surface area contributed by atoms with E-state index in [1.807, 2.05) is 41.3 Å². The molecule has 0 bridgehead atoms. The lowest BCUT2D eigenvalue weighted by Gasteiger charge is -2.30. The molecule has 9 heteroatoms. The molecular formula is C25H33N3O6. The molecule has 34 heavy (non-hydrogen) atoms. The predicted molar refractivity (Wildman–Crippen MR) is 127 cm³/mol. The number of hydrogen-bond donors (Lipinski definition) is 1. The molecule has 2 heterocycles. The first-order valence-electron chi connectivity index (χ1n) is 11.6. The summed E-state index contributed by atoms with van der Waals surface area (Å²) in [6.45, 7) is 5.95. The summed E-state index contributed by atoms with van der Waals surface area (Å²) in [5.74, 6) is 2.82. The van der Waals surface area contributed by atoms with Gasteiger partial charge in [-0.25, -0.2) is 4.79 Å². The van der Waals surface area contributed by atoms with Crippen LogP contribution in [0.5, 0.6) is 23.0 Å². The highest BCUT2D eigenvalue weighted by molar-refractivity contribution is 5.74. The standard InChI is InChI=1S/C25H33N3O6/c1-30-21-5-3-19(15-23(21)31-2)7-8-28(10-9-27-11-13-32-14-12-27)25(29)26-17-20-4-6-22-24(16-20)34-18-33-22/h3-6,15-16H,7-14,17-18H2,1-2H3,(H,26,29). The number of nitrogens with zero attached hydrogens (tertiary/aromatic N) is 2. The highest BCUT2D eigenvalue weighted by Gasteiger charge is 2.18. The third kappa shape index (κ3) is 6.24. The molecule has 0 saturated carbocycles. The van der Waals surface area contributed by atoms with E-state index in [1.54, 1.807) is 14.2 Å². The van der Waals surface area contributed by atoms with Gasteiger partial charge in [0, 0.05) is 39.3 Å². The van der Waals surface area contributed by atoms with Gasteiger partial charge in [0.1, 0.15) is 0 Å². The molecule has 2 amide bonds. The number of urea groups is 1. The van der Waals surface area contributed by atoms with Crippen LogP contribution in [0.15, 0.2) is 36.4 Å². The molecule has 0 atom stereocenters. The normalized spacial score (nSPS) is 15.1. The van der Waals surface area contributed by atoms with Crippen molar-refractivity contribution in [3.63, 3.8) is 0 Å². The van der Waals surface area contributed by atoms with Crippen LogP contribution in [0.2, 0.25) is 0 Å². The van der Waals surface area contributed by atoms with Crippen molar-refractivity contribution in [2.45, 2.75) is 13.0 Å². The Kier molecular flexibility index (Phi) is 8.32. The third-order valence-corrected chi connectivity index (χ3v) is 6.08. The second-order valence-corrected chi connectivity index (χ2v) is 8.23. The Hall–Kier alpha value is -3.17. The van der Waals surface area contributed by atoms with Crippen LogP contribution in [0.3, 0.4) is 0 Å². The van der Waals surface area contributed by atoms with Gasteiger partial charge in [0.25, 0.3) is 0 Å². The lowest BCUT2D eigenvalue weighted by molar-refractivity contribution is 0.0349. The first-order chi connectivity index (χ1) is 16.7. The van der Waals surface area contributed by atoms with Gasteiger partial charge in [-0.3, -0.25) is 4.90 Å². The van der Waals surface area contributed by atoms with E-state index < -0.39 is 0 Å². The molecule has 2 aliphatic rings. The fourth-order valence-electron chi connectivity index (χ4n) is 4.04. The van der Waals surface area contributed by atoms with Crippen molar-refractivity contribution in [3.8, 4) is 23.0 Å². The van der Waals surface area contributed by atoms with Crippen molar-refractivity contribution >= 4 is 6.03 Å². The number of fused-ring (bicyclic) bond motifs is 1. The molecule has 0 aromatic heterocycles. The lowest BCUT2D eigenvalue weighted by atomic mass is 10.1. The molecule has 1 saturated heterocycles. The molecule has 2 aromatic carbocycles. The van der Waals surface area contributed by atoms with Crippen LogP contribution in [0.25, 0.3) is 0 Å². The van der Waals surface area contributed by atoms with E-state index >= 15 is 0 Å². The summed E-state index contributed by atoms with van der Waals surface area (Å²) in [4.78, 5) is 17.3. The van der Waals surface area contributed by atoms with Crippen molar-refractivity contribution < 1.29 is 28.5 Å². The zero-order valence-corrected chi connectivity index (χ0v) is 19.9. The molecule has 0 radical (unpaired) electrons. The van der Waals surface area contributed by atoms with Crippen LogP contribution >= 0.6 is 0 Å². The van der Waals surface area contributed by atoms with Crippen LogP contribution in [0.4, 0.5) is 4.79 Å². The molecule has 0 unspecified atom stereocenters. The fourth-order valence-corrected chi connectivity index (χ4v) is 4.04. The van der Waals surface area contributed by atoms with Crippen LogP contribution in [-0.4, -0.2) is 82.8 Å². The molecule has 1 fully saturated rings. The number of methoxy groups -OCH3 is 2. The molecule has 1 N–H and O–H groups in total. The van der Waals surface area contributed by atoms with Gasteiger partial charge in [-0.1, -0.05) is 12.1 Å². The van der Waals surface area contributed by atoms with E-state index in [1.165, 1.54) is 0 Å². The number of nitrogens with one attached hydrogen (secondary N) is 1. The number of carbonyl (C=O) groups excluding carboxylic acids is 1. The number of benzene rings is 2. The molecule has 2 aromatic rings. The zero-order chi connectivity index (χ0) is 23.8. The average Bonchev–Trinajstić information content (AvgIpc) is 3.35. The summed E-state index contributed by atoms with van der Waals surface area (Å²) in [5.41, 5.74) is 2.04. The van der Waals surface area contributed by atoms with E-state index in [9.17, 15) is 4.79 Å². The van der Waals surface area contributed by atoms with Crippen molar-refractivity contribution in [2.24, 2.45) is 0 Å². The van der Waals surface area contributed by atoms with Gasteiger partial charge in [0.2, 0.25) is 6.79 Å². The highest BCUT2D eigenvalue weighted by Crippen LogP contribution is 2.32. The Bertz CT molecular complexity index is 964. The van der Waals surface area contributed by atoms with Gasteiger partial charge in [-0.2, -0.15) is 0 Å².